The van der Waals surface area contributed by atoms with Gasteiger partial charge in [0.05, 0.1) is 26.4 Å². The molecule has 1 unspecified atom stereocenters. The van der Waals surface area contributed by atoms with Crippen LogP contribution in [-0.4, -0.2) is 37.9 Å². The summed E-state index contributed by atoms with van der Waals surface area (Å²) in [5, 5.41) is 2.18. The van der Waals surface area contributed by atoms with E-state index in [9.17, 15) is 9.46 Å². The second-order valence-electron chi connectivity index (χ2n) is 7.55. The van der Waals surface area contributed by atoms with Crippen molar-refractivity contribution in [1.29, 1.82) is 0 Å². The van der Waals surface area contributed by atoms with Crippen molar-refractivity contribution in [2.75, 3.05) is 33.0 Å². The molecule has 6 nitrogen and oxygen atoms in total. The van der Waals surface area contributed by atoms with E-state index in [1.807, 2.05) is 42.5 Å². The number of phosphoric ester groups is 1. The van der Waals surface area contributed by atoms with Gasteiger partial charge in [0.2, 0.25) is 0 Å². The van der Waals surface area contributed by atoms with Gasteiger partial charge < -0.3 is 14.4 Å². The topological polar surface area (TPSA) is 74.2 Å². The zero-order valence-corrected chi connectivity index (χ0v) is 19.6. The molecule has 2 aromatic carbocycles. The van der Waals surface area contributed by atoms with E-state index in [0.717, 1.165) is 35.8 Å². The number of benzene rings is 2. The van der Waals surface area contributed by atoms with Gasteiger partial charge >= 0.3 is 7.82 Å². The Hall–Kier alpha value is -1.43. The Balaban J connectivity index is 1.47. The highest BCUT2D eigenvalue weighted by Gasteiger charge is 2.20. The first-order valence-corrected chi connectivity index (χ1v) is 12.9. The largest absolute Gasteiger partial charge is 0.491 e. The Labute approximate surface area is 186 Å². The first-order valence-electron chi connectivity index (χ1n) is 11.4. The Morgan fingerprint density at radius 1 is 0.742 bits per heavy atom. The highest BCUT2D eigenvalue weighted by Crippen LogP contribution is 2.43. The number of hydrogen-bond donors (Lipinski definition) is 1. The molecule has 0 spiro atoms. The predicted octanol–water partition coefficient (Wildman–Crippen LogP) is 6.51. The van der Waals surface area contributed by atoms with Gasteiger partial charge in [0.25, 0.3) is 0 Å². The summed E-state index contributed by atoms with van der Waals surface area (Å²) in [7, 11) is -4.00. The molecule has 0 heterocycles. The normalized spacial score (nSPS) is 13.4. The smallest absolute Gasteiger partial charge is 0.472 e. The number of unbranched alkanes of at least 4 members (excludes halogenated alkanes) is 7. The van der Waals surface area contributed by atoms with Crippen molar-refractivity contribution in [3.05, 3.63) is 42.5 Å². The van der Waals surface area contributed by atoms with E-state index in [0.29, 0.717) is 13.2 Å². The summed E-state index contributed by atoms with van der Waals surface area (Å²) >= 11 is 0. The molecule has 0 saturated heterocycles. The zero-order valence-electron chi connectivity index (χ0n) is 18.7. The van der Waals surface area contributed by atoms with Crippen LogP contribution in [-0.2, 0) is 18.3 Å². The molecule has 1 N–H and O–H groups in total. The van der Waals surface area contributed by atoms with Crippen LogP contribution < -0.4 is 4.74 Å². The number of rotatable bonds is 18. The summed E-state index contributed by atoms with van der Waals surface area (Å²) in [6.07, 6.45) is 9.24. The fourth-order valence-corrected chi connectivity index (χ4v) is 4.04. The molecular weight excluding hydrogens is 415 g/mol. The lowest BCUT2D eigenvalue weighted by molar-refractivity contribution is 0.0610. The molecule has 0 aliphatic rings. The average molecular weight is 453 g/mol. The molecule has 0 saturated carbocycles. The minimum atomic E-state index is -4.00. The van der Waals surface area contributed by atoms with Gasteiger partial charge in [0.1, 0.15) is 12.4 Å². The fraction of sp³-hybridized carbons (Fsp3) is 0.583. The van der Waals surface area contributed by atoms with Crippen molar-refractivity contribution in [3.8, 4) is 5.75 Å². The Morgan fingerprint density at radius 2 is 1.39 bits per heavy atom. The molecule has 0 bridgehead atoms. The maximum absolute atomic E-state index is 11.9. The van der Waals surface area contributed by atoms with Gasteiger partial charge in [0, 0.05) is 5.39 Å². The van der Waals surface area contributed by atoms with Crippen molar-refractivity contribution in [3.63, 3.8) is 0 Å². The van der Waals surface area contributed by atoms with Gasteiger partial charge in [-0.15, -0.1) is 0 Å². The maximum Gasteiger partial charge on any atom is 0.472 e. The summed E-state index contributed by atoms with van der Waals surface area (Å²) in [6, 6.07) is 14.0. The Bertz CT molecular complexity index is 776. The number of hydrogen-bond acceptors (Lipinski definition) is 5. The van der Waals surface area contributed by atoms with Crippen molar-refractivity contribution >= 4 is 18.6 Å². The van der Waals surface area contributed by atoms with Gasteiger partial charge in [-0.1, -0.05) is 88.3 Å². The molecule has 0 aliphatic heterocycles. The SMILES string of the molecule is CCCCCCCCCCOP(=O)(O)OCCOCCOc1cccc2ccccc12. The van der Waals surface area contributed by atoms with E-state index in [4.69, 9.17) is 18.5 Å². The Kier molecular flexibility index (Phi) is 12.8. The van der Waals surface area contributed by atoms with Crippen LogP contribution in [0.5, 0.6) is 5.75 Å². The van der Waals surface area contributed by atoms with E-state index >= 15 is 0 Å². The van der Waals surface area contributed by atoms with Crippen LogP contribution in [0.2, 0.25) is 0 Å². The third-order valence-corrected chi connectivity index (χ3v) is 5.99. The molecule has 2 rings (SSSR count). The van der Waals surface area contributed by atoms with Crippen LogP contribution in [0.3, 0.4) is 0 Å². The van der Waals surface area contributed by atoms with Crippen LogP contribution in [0.25, 0.3) is 10.8 Å². The standard InChI is InChI=1S/C24H37O6P/c1-2-3-4-5-6-7-8-11-17-29-31(25,26)30-21-19-27-18-20-28-24-16-12-14-22-13-9-10-15-23(22)24/h9-10,12-16H,2-8,11,17-21H2,1H3,(H,25,26). The third kappa shape index (κ3) is 11.1. The van der Waals surface area contributed by atoms with Crippen molar-refractivity contribution in [1.82, 2.24) is 0 Å². The van der Waals surface area contributed by atoms with Crippen molar-refractivity contribution in [2.45, 2.75) is 58.3 Å². The summed E-state index contributed by atoms with van der Waals surface area (Å²) < 4.78 is 33.0. The molecule has 0 amide bonds. The molecule has 0 aromatic heterocycles. The first-order chi connectivity index (χ1) is 15.1. The Morgan fingerprint density at radius 3 is 2.19 bits per heavy atom. The second-order valence-corrected chi connectivity index (χ2v) is 9.00. The fourth-order valence-electron chi connectivity index (χ4n) is 3.30. The molecule has 1 atom stereocenters. The van der Waals surface area contributed by atoms with E-state index in [1.54, 1.807) is 0 Å². The summed E-state index contributed by atoms with van der Waals surface area (Å²) in [4.78, 5) is 9.70. The number of fused-ring (bicyclic) bond motifs is 1. The highest BCUT2D eigenvalue weighted by molar-refractivity contribution is 7.47. The second kappa shape index (κ2) is 15.4. The molecule has 0 radical (unpaired) electrons. The minimum Gasteiger partial charge on any atom is -0.491 e. The summed E-state index contributed by atoms with van der Waals surface area (Å²) in [5.41, 5.74) is 0. The van der Waals surface area contributed by atoms with Gasteiger partial charge in [-0.25, -0.2) is 4.57 Å². The monoisotopic (exact) mass is 452 g/mol. The van der Waals surface area contributed by atoms with Crippen LogP contribution in [0.4, 0.5) is 0 Å². The molecular formula is C24H37O6P. The summed E-state index contributed by atoms with van der Waals surface area (Å²) in [5.74, 6) is 0.812. The first kappa shape index (κ1) is 25.8. The molecule has 174 valence electrons. The van der Waals surface area contributed by atoms with Crippen LogP contribution in [0.1, 0.15) is 58.3 Å². The molecule has 0 aliphatic carbocycles. The lowest BCUT2D eigenvalue weighted by atomic mass is 10.1. The summed E-state index contributed by atoms with van der Waals surface area (Å²) in [6.45, 7) is 3.40. The predicted molar refractivity (Wildman–Crippen MR) is 125 cm³/mol. The molecule has 0 fully saturated rings. The van der Waals surface area contributed by atoms with E-state index < -0.39 is 7.82 Å². The number of phosphoric acid groups is 1. The van der Waals surface area contributed by atoms with Crippen LogP contribution in [0, 0.1) is 0 Å². The lowest BCUT2D eigenvalue weighted by Gasteiger charge is -2.13. The zero-order chi connectivity index (χ0) is 22.2. The van der Waals surface area contributed by atoms with Gasteiger partial charge in [-0.3, -0.25) is 9.05 Å². The molecule has 2 aromatic rings. The van der Waals surface area contributed by atoms with E-state index in [2.05, 4.69) is 6.92 Å². The van der Waals surface area contributed by atoms with Gasteiger partial charge in [-0.05, 0) is 17.9 Å². The van der Waals surface area contributed by atoms with E-state index in [1.165, 1.54) is 32.1 Å². The quantitative estimate of drug-likeness (QED) is 0.205. The van der Waals surface area contributed by atoms with Gasteiger partial charge in [0.15, 0.2) is 0 Å². The minimum absolute atomic E-state index is 0.000522. The number of ether oxygens (including phenoxy) is 2. The molecule has 7 heteroatoms. The third-order valence-electron chi connectivity index (χ3n) is 4.97. The van der Waals surface area contributed by atoms with Gasteiger partial charge in [-0.2, -0.15) is 0 Å². The maximum atomic E-state index is 11.9. The van der Waals surface area contributed by atoms with Crippen LogP contribution in [0.15, 0.2) is 42.5 Å². The van der Waals surface area contributed by atoms with Crippen molar-refractivity contribution < 1.29 is 28.0 Å². The average Bonchev–Trinajstić information content (AvgIpc) is 2.77. The van der Waals surface area contributed by atoms with Crippen molar-refractivity contribution in [2.24, 2.45) is 0 Å². The van der Waals surface area contributed by atoms with E-state index in [-0.39, 0.29) is 19.8 Å². The van der Waals surface area contributed by atoms with Crippen LogP contribution >= 0.6 is 7.82 Å². The highest BCUT2D eigenvalue weighted by atomic mass is 31.2. The molecule has 31 heavy (non-hydrogen) atoms. The lowest BCUT2D eigenvalue weighted by Crippen LogP contribution is -2.11.